The number of nitrogens with zero attached hydrogens (tertiary/aromatic N) is 1. The van der Waals surface area contributed by atoms with Crippen molar-refractivity contribution in [2.45, 2.75) is 33.0 Å². The molecule has 0 saturated carbocycles. The minimum atomic E-state index is 0.140. The maximum absolute atomic E-state index is 5.92. The van der Waals surface area contributed by atoms with Gasteiger partial charge in [0.05, 0.1) is 10.6 Å². The van der Waals surface area contributed by atoms with E-state index in [0.717, 1.165) is 33.3 Å². The van der Waals surface area contributed by atoms with E-state index in [-0.39, 0.29) is 6.10 Å². The van der Waals surface area contributed by atoms with E-state index < -0.39 is 0 Å². The van der Waals surface area contributed by atoms with Crippen molar-refractivity contribution in [1.29, 1.82) is 0 Å². The third-order valence-electron chi connectivity index (χ3n) is 2.83. The second-order valence-corrected chi connectivity index (χ2v) is 6.77. The van der Waals surface area contributed by atoms with Crippen LogP contribution in [0.15, 0.2) is 45.6 Å². The highest BCUT2D eigenvalue weighted by Gasteiger charge is 2.11. The summed E-state index contributed by atoms with van der Waals surface area (Å²) < 4.78 is 7.91. The molecule has 0 aliphatic heterocycles. The normalized spacial score (nSPS) is 10.9. The van der Waals surface area contributed by atoms with Gasteiger partial charge < -0.3 is 10.1 Å². The Balaban J connectivity index is 2.07. The molecule has 0 unspecified atom stereocenters. The quantitative estimate of drug-likeness (QED) is 0.746. The fourth-order valence-electron chi connectivity index (χ4n) is 1.95. The molecule has 112 valence electrons. The summed E-state index contributed by atoms with van der Waals surface area (Å²) in [6.07, 6.45) is 3.75. The highest BCUT2D eigenvalue weighted by atomic mass is 79.9. The number of hydrogen-bond acceptors (Lipinski definition) is 3. The highest BCUT2D eigenvalue weighted by molar-refractivity contribution is 9.11. The van der Waals surface area contributed by atoms with Crippen molar-refractivity contribution >= 4 is 31.9 Å². The molecule has 0 aliphatic rings. The van der Waals surface area contributed by atoms with Crippen molar-refractivity contribution in [3.8, 4) is 5.75 Å². The van der Waals surface area contributed by atoms with Crippen molar-refractivity contribution in [2.75, 3.05) is 0 Å². The van der Waals surface area contributed by atoms with Crippen molar-refractivity contribution < 1.29 is 4.74 Å². The third-order valence-corrected chi connectivity index (χ3v) is 3.88. The van der Waals surface area contributed by atoms with E-state index in [4.69, 9.17) is 4.74 Å². The average Bonchev–Trinajstić information content (AvgIpc) is 2.43. The van der Waals surface area contributed by atoms with Crippen molar-refractivity contribution in [1.82, 2.24) is 10.3 Å². The van der Waals surface area contributed by atoms with Crippen molar-refractivity contribution in [3.63, 3.8) is 0 Å². The lowest BCUT2D eigenvalue weighted by Crippen LogP contribution is -2.15. The monoisotopic (exact) mass is 412 g/mol. The first-order valence-electron chi connectivity index (χ1n) is 6.80. The number of benzene rings is 1. The predicted octanol–water partition coefficient (Wildman–Crippen LogP) is 4.68. The largest absolute Gasteiger partial charge is 0.489 e. The summed E-state index contributed by atoms with van der Waals surface area (Å²) in [6.45, 7) is 5.60. The van der Waals surface area contributed by atoms with Gasteiger partial charge in [0, 0.05) is 35.5 Å². The van der Waals surface area contributed by atoms with Crippen molar-refractivity contribution in [2.24, 2.45) is 0 Å². The zero-order chi connectivity index (χ0) is 15.2. The summed E-state index contributed by atoms with van der Waals surface area (Å²) in [7, 11) is 0. The molecule has 0 amide bonds. The zero-order valence-corrected chi connectivity index (χ0v) is 15.2. The Morgan fingerprint density at radius 1 is 1.14 bits per heavy atom. The summed E-state index contributed by atoms with van der Waals surface area (Å²) in [4.78, 5) is 4.02. The number of halogens is 2. The van der Waals surface area contributed by atoms with E-state index in [0.29, 0.717) is 0 Å². The Hall–Kier alpha value is -0.910. The molecule has 1 aromatic carbocycles. The second kappa shape index (κ2) is 7.92. The molecule has 2 aromatic rings. The van der Waals surface area contributed by atoms with Crippen LogP contribution in [0.1, 0.15) is 25.0 Å². The van der Waals surface area contributed by atoms with Gasteiger partial charge in [0.25, 0.3) is 0 Å². The summed E-state index contributed by atoms with van der Waals surface area (Å²) >= 11 is 7.10. The summed E-state index contributed by atoms with van der Waals surface area (Å²) in [5.41, 5.74) is 2.34. The minimum Gasteiger partial charge on any atom is -0.489 e. The fourth-order valence-corrected chi connectivity index (χ4v) is 3.36. The van der Waals surface area contributed by atoms with Gasteiger partial charge >= 0.3 is 0 Å². The summed E-state index contributed by atoms with van der Waals surface area (Å²) in [5.74, 6) is 0.899. The number of hydrogen-bond donors (Lipinski definition) is 1. The molecule has 2 rings (SSSR count). The average molecular weight is 414 g/mol. The molecule has 0 saturated heterocycles. The molecule has 0 spiro atoms. The van der Waals surface area contributed by atoms with Crippen LogP contribution in [0.3, 0.4) is 0 Å². The zero-order valence-electron chi connectivity index (χ0n) is 12.1. The lowest BCUT2D eigenvalue weighted by molar-refractivity contribution is 0.238. The van der Waals surface area contributed by atoms with E-state index in [1.54, 1.807) is 12.4 Å². The maximum Gasteiger partial charge on any atom is 0.138 e. The fraction of sp³-hybridized carbons (Fsp3) is 0.312. The number of rotatable bonds is 6. The lowest BCUT2D eigenvalue weighted by atomic mass is 10.2. The number of nitrogens with one attached hydrogen (secondary N) is 1. The molecule has 0 aliphatic carbocycles. The highest BCUT2D eigenvalue weighted by Crippen LogP contribution is 2.33. The Morgan fingerprint density at radius 2 is 1.86 bits per heavy atom. The number of ether oxygens (including phenoxy) is 1. The van der Waals surface area contributed by atoms with Gasteiger partial charge in [-0.05, 0) is 59.6 Å². The van der Waals surface area contributed by atoms with Crippen LogP contribution in [0.2, 0.25) is 0 Å². The topological polar surface area (TPSA) is 34.1 Å². The van der Waals surface area contributed by atoms with Gasteiger partial charge in [0.15, 0.2) is 0 Å². The Morgan fingerprint density at radius 3 is 2.52 bits per heavy atom. The van der Waals surface area contributed by atoms with E-state index in [2.05, 4.69) is 48.2 Å². The SMILES string of the molecule is CC(C)Oc1c(Br)cc(Br)cc1CNCc1ccncc1. The predicted molar refractivity (Wildman–Crippen MR) is 92.4 cm³/mol. The summed E-state index contributed by atoms with van der Waals surface area (Å²) in [5, 5.41) is 3.44. The number of aromatic nitrogens is 1. The Bertz CT molecular complexity index is 588. The van der Waals surface area contributed by atoms with Gasteiger partial charge in [-0.1, -0.05) is 15.9 Å². The van der Waals surface area contributed by atoms with Gasteiger partial charge in [0.1, 0.15) is 5.75 Å². The molecule has 0 bridgehead atoms. The maximum atomic E-state index is 5.92. The first-order valence-corrected chi connectivity index (χ1v) is 8.39. The molecule has 1 aromatic heterocycles. The molecule has 1 N–H and O–H groups in total. The Labute approximate surface area is 142 Å². The van der Waals surface area contributed by atoms with Gasteiger partial charge in [0.2, 0.25) is 0 Å². The van der Waals surface area contributed by atoms with Crippen LogP contribution in [-0.4, -0.2) is 11.1 Å². The molecule has 0 radical (unpaired) electrons. The summed E-state index contributed by atoms with van der Waals surface area (Å²) in [6, 6.07) is 8.11. The van der Waals surface area contributed by atoms with E-state index >= 15 is 0 Å². The molecule has 3 nitrogen and oxygen atoms in total. The van der Waals surface area contributed by atoms with Gasteiger partial charge in [-0.2, -0.15) is 0 Å². The van der Waals surface area contributed by atoms with E-state index in [9.17, 15) is 0 Å². The van der Waals surface area contributed by atoms with Crippen LogP contribution in [0, 0.1) is 0 Å². The molecular formula is C16H18Br2N2O. The minimum absolute atomic E-state index is 0.140. The van der Waals surface area contributed by atoms with Gasteiger partial charge in [-0.25, -0.2) is 0 Å². The molecule has 0 fully saturated rings. The van der Waals surface area contributed by atoms with Gasteiger partial charge in [-0.15, -0.1) is 0 Å². The molecule has 21 heavy (non-hydrogen) atoms. The van der Waals surface area contributed by atoms with Crippen LogP contribution in [-0.2, 0) is 13.1 Å². The van der Waals surface area contributed by atoms with Crippen LogP contribution >= 0.6 is 31.9 Å². The first-order chi connectivity index (χ1) is 10.1. The number of pyridine rings is 1. The molecular weight excluding hydrogens is 396 g/mol. The van der Waals surface area contributed by atoms with Crippen LogP contribution in [0.5, 0.6) is 5.75 Å². The van der Waals surface area contributed by atoms with E-state index in [1.807, 2.05) is 32.0 Å². The third kappa shape index (κ3) is 5.09. The van der Waals surface area contributed by atoms with Gasteiger partial charge in [-0.3, -0.25) is 4.98 Å². The second-order valence-electron chi connectivity index (χ2n) is 5.00. The molecule has 1 heterocycles. The van der Waals surface area contributed by atoms with E-state index in [1.165, 1.54) is 5.56 Å². The van der Waals surface area contributed by atoms with Crippen LogP contribution in [0.25, 0.3) is 0 Å². The van der Waals surface area contributed by atoms with Crippen LogP contribution < -0.4 is 10.1 Å². The smallest absolute Gasteiger partial charge is 0.138 e. The van der Waals surface area contributed by atoms with Crippen molar-refractivity contribution in [3.05, 3.63) is 56.7 Å². The standard InChI is InChI=1S/C16H18Br2N2O/c1-11(2)21-16-13(7-14(17)8-15(16)18)10-20-9-12-3-5-19-6-4-12/h3-8,11,20H,9-10H2,1-2H3. The molecule has 0 atom stereocenters. The molecule has 5 heteroatoms. The van der Waals surface area contributed by atoms with Crippen LogP contribution in [0.4, 0.5) is 0 Å². The lowest BCUT2D eigenvalue weighted by Gasteiger charge is -2.17. The first kappa shape index (κ1) is 16.5. The Kier molecular flexibility index (Phi) is 6.21.